The van der Waals surface area contributed by atoms with Crippen LogP contribution in [-0.2, 0) is 19.1 Å². The number of halogens is 1. The number of ether oxygens (including phenoxy) is 1. The first-order chi connectivity index (χ1) is 12.9. The van der Waals surface area contributed by atoms with Crippen LogP contribution < -0.4 is 10.6 Å². The van der Waals surface area contributed by atoms with Crippen molar-refractivity contribution in [1.29, 1.82) is 0 Å². The second-order valence-electron chi connectivity index (χ2n) is 5.96. The lowest BCUT2D eigenvalue weighted by Crippen LogP contribution is -2.21. The molecule has 27 heavy (non-hydrogen) atoms. The Hall–Kier alpha value is -2.86. The molecular formula is C20H21ClN2O4. The SMILES string of the molecule is Cc1cccc(NC(=O)COC(=O)CCCC(=O)Nc2ccccc2Cl)c1. The Morgan fingerprint density at radius 1 is 0.963 bits per heavy atom. The lowest BCUT2D eigenvalue weighted by atomic mass is 10.2. The summed E-state index contributed by atoms with van der Waals surface area (Å²) in [5.74, 6) is -1.18. The molecule has 0 spiro atoms. The summed E-state index contributed by atoms with van der Waals surface area (Å²) in [6, 6.07) is 14.2. The van der Waals surface area contributed by atoms with Gasteiger partial charge in [-0.15, -0.1) is 0 Å². The first kappa shape index (κ1) is 20.5. The van der Waals surface area contributed by atoms with Crippen LogP contribution >= 0.6 is 11.6 Å². The Kier molecular flexibility index (Phi) is 7.82. The van der Waals surface area contributed by atoms with Gasteiger partial charge in [0.05, 0.1) is 10.7 Å². The molecule has 0 aliphatic rings. The first-order valence-corrected chi connectivity index (χ1v) is 8.88. The largest absolute Gasteiger partial charge is 0.456 e. The number of benzene rings is 2. The molecule has 0 bridgehead atoms. The number of rotatable bonds is 8. The van der Waals surface area contributed by atoms with E-state index >= 15 is 0 Å². The van der Waals surface area contributed by atoms with E-state index in [4.69, 9.17) is 16.3 Å². The van der Waals surface area contributed by atoms with Gasteiger partial charge in [0.1, 0.15) is 0 Å². The topological polar surface area (TPSA) is 84.5 Å². The minimum atomic E-state index is -0.528. The number of para-hydroxylation sites is 1. The van der Waals surface area contributed by atoms with Gasteiger partial charge < -0.3 is 15.4 Å². The zero-order valence-corrected chi connectivity index (χ0v) is 15.7. The van der Waals surface area contributed by atoms with Gasteiger partial charge in [-0.3, -0.25) is 14.4 Å². The fourth-order valence-electron chi connectivity index (χ4n) is 2.31. The molecular weight excluding hydrogens is 368 g/mol. The van der Waals surface area contributed by atoms with Crippen molar-refractivity contribution in [3.63, 3.8) is 0 Å². The monoisotopic (exact) mass is 388 g/mol. The minimum Gasteiger partial charge on any atom is -0.456 e. The van der Waals surface area contributed by atoms with Crippen LogP contribution in [0.25, 0.3) is 0 Å². The van der Waals surface area contributed by atoms with Crippen LogP contribution in [0.1, 0.15) is 24.8 Å². The summed E-state index contributed by atoms with van der Waals surface area (Å²) in [6.07, 6.45) is 0.512. The number of carbonyl (C=O) groups is 3. The highest BCUT2D eigenvalue weighted by atomic mass is 35.5. The molecule has 0 aliphatic heterocycles. The number of nitrogens with one attached hydrogen (secondary N) is 2. The average molecular weight is 389 g/mol. The quantitative estimate of drug-likeness (QED) is 0.671. The number of anilines is 2. The molecule has 2 aromatic carbocycles. The Bertz CT molecular complexity index is 823. The van der Waals surface area contributed by atoms with E-state index in [2.05, 4.69) is 10.6 Å². The molecule has 0 aliphatic carbocycles. The van der Waals surface area contributed by atoms with Gasteiger partial charge in [0.2, 0.25) is 5.91 Å². The molecule has 2 rings (SSSR count). The number of esters is 1. The van der Waals surface area contributed by atoms with Gasteiger partial charge in [0, 0.05) is 18.5 Å². The molecule has 0 heterocycles. The van der Waals surface area contributed by atoms with Gasteiger partial charge in [0.25, 0.3) is 5.91 Å². The fraction of sp³-hybridized carbons (Fsp3) is 0.250. The zero-order valence-electron chi connectivity index (χ0n) is 15.0. The van der Waals surface area contributed by atoms with Crippen molar-refractivity contribution in [1.82, 2.24) is 0 Å². The van der Waals surface area contributed by atoms with E-state index in [0.29, 0.717) is 22.8 Å². The number of carbonyl (C=O) groups excluding carboxylic acids is 3. The van der Waals surface area contributed by atoms with Gasteiger partial charge in [-0.1, -0.05) is 35.9 Å². The van der Waals surface area contributed by atoms with E-state index in [1.54, 1.807) is 30.3 Å². The lowest BCUT2D eigenvalue weighted by Gasteiger charge is -2.08. The summed E-state index contributed by atoms with van der Waals surface area (Å²) in [5, 5.41) is 5.78. The minimum absolute atomic E-state index is 0.0493. The molecule has 0 saturated heterocycles. The van der Waals surface area contributed by atoms with Gasteiger partial charge in [0.15, 0.2) is 6.61 Å². The zero-order chi connectivity index (χ0) is 19.6. The van der Waals surface area contributed by atoms with E-state index in [0.717, 1.165) is 5.56 Å². The molecule has 2 aromatic rings. The first-order valence-electron chi connectivity index (χ1n) is 8.50. The lowest BCUT2D eigenvalue weighted by molar-refractivity contribution is -0.147. The van der Waals surface area contributed by atoms with Gasteiger partial charge >= 0.3 is 5.97 Å². The Balaban J connectivity index is 1.63. The van der Waals surface area contributed by atoms with Crippen molar-refractivity contribution in [2.24, 2.45) is 0 Å². The molecule has 0 saturated carbocycles. The number of hydrogen-bond donors (Lipinski definition) is 2. The van der Waals surface area contributed by atoms with E-state index in [9.17, 15) is 14.4 Å². The molecule has 0 unspecified atom stereocenters. The van der Waals surface area contributed by atoms with Gasteiger partial charge in [-0.25, -0.2) is 0 Å². The highest BCUT2D eigenvalue weighted by molar-refractivity contribution is 6.33. The molecule has 2 amide bonds. The van der Waals surface area contributed by atoms with Crippen LogP contribution in [0.5, 0.6) is 0 Å². The molecule has 6 nitrogen and oxygen atoms in total. The third-order valence-corrected chi connectivity index (χ3v) is 3.93. The van der Waals surface area contributed by atoms with Crippen LogP contribution in [-0.4, -0.2) is 24.4 Å². The summed E-state index contributed by atoms with van der Waals surface area (Å²) in [5.41, 5.74) is 2.19. The van der Waals surface area contributed by atoms with Crippen molar-refractivity contribution in [2.75, 3.05) is 17.2 Å². The molecule has 7 heteroatoms. The summed E-state index contributed by atoms with van der Waals surface area (Å²) in [4.78, 5) is 35.3. The van der Waals surface area contributed by atoms with Crippen LogP contribution in [0.15, 0.2) is 48.5 Å². The van der Waals surface area contributed by atoms with Crippen LogP contribution in [0, 0.1) is 6.92 Å². The average Bonchev–Trinajstić information content (AvgIpc) is 2.62. The third kappa shape index (κ3) is 7.50. The van der Waals surface area contributed by atoms with E-state index in [-0.39, 0.29) is 25.4 Å². The van der Waals surface area contributed by atoms with Crippen molar-refractivity contribution in [2.45, 2.75) is 26.2 Å². The second-order valence-corrected chi connectivity index (χ2v) is 6.37. The summed E-state index contributed by atoms with van der Waals surface area (Å²) in [6.45, 7) is 1.55. The van der Waals surface area contributed by atoms with E-state index < -0.39 is 11.9 Å². The summed E-state index contributed by atoms with van der Waals surface area (Å²) in [7, 11) is 0. The van der Waals surface area contributed by atoms with Crippen molar-refractivity contribution in [3.8, 4) is 0 Å². The second kappa shape index (κ2) is 10.3. The Morgan fingerprint density at radius 2 is 1.74 bits per heavy atom. The fourth-order valence-corrected chi connectivity index (χ4v) is 2.49. The molecule has 0 radical (unpaired) electrons. The standard InChI is InChI=1S/C20H21ClN2O4/c1-14-6-4-7-15(12-14)22-19(25)13-27-20(26)11-5-10-18(24)23-17-9-3-2-8-16(17)21/h2-4,6-9,12H,5,10-11,13H2,1H3,(H,22,25)(H,23,24). The maximum atomic E-state index is 11.9. The maximum Gasteiger partial charge on any atom is 0.306 e. The highest BCUT2D eigenvalue weighted by Crippen LogP contribution is 2.20. The van der Waals surface area contributed by atoms with Crippen LogP contribution in [0.3, 0.4) is 0 Å². The van der Waals surface area contributed by atoms with Crippen molar-refractivity contribution < 1.29 is 19.1 Å². The van der Waals surface area contributed by atoms with E-state index in [1.807, 2.05) is 25.1 Å². The van der Waals surface area contributed by atoms with Crippen LogP contribution in [0.4, 0.5) is 11.4 Å². The van der Waals surface area contributed by atoms with Crippen molar-refractivity contribution >= 4 is 40.8 Å². The summed E-state index contributed by atoms with van der Waals surface area (Å²) < 4.78 is 4.92. The van der Waals surface area contributed by atoms with Gasteiger partial charge in [-0.05, 0) is 43.2 Å². The molecule has 2 N–H and O–H groups in total. The molecule has 0 aromatic heterocycles. The Morgan fingerprint density at radius 3 is 2.48 bits per heavy atom. The third-order valence-electron chi connectivity index (χ3n) is 3.60. The maximum absolute atomic E-state index is 11.9. The number of aryl methyl sites for hydroxylation is 1. The molecule has 0 atom stereocenters. The number of hydrogen-bond acceptors (Lipinski definition) is 4. The normalized spacial score (nSPS) is 10.1. The molecule has 142 valence electrons. The van der Waals surface area contributed by atoms with Gasteiger partial charge in [-0.2, -0.15) is 0 Å². The van der Waals surface area contributed by atoms with Crippen molar-refractivity contribution in [3.05, 3.63) is 59.1 Å². The van der Waals surface area contributed by atoms with E-state index in [1.165, 1.54) is 0 Å². The van der Waals surface area contributed by atoms with Crippen LogP contribution in [0.2, 0.25) is 5.02 Å². The molecule has 0 fully saturated rings. The smallest absolute Gasteiger partial charge is 0.306 e. The number of amides is 2. The Labute approximate surface area is 162 Å². The predicted molar refractivity (Wildman–Crippen MR) is 105 cm³/mol. The summed E-state index contributed by atoms with van der Waals surface area (Å²) >= 11 is 5.96. The predicted octanol–water partition coefficient (Wildman–Crippen LogP) is 3.94. The highest BCUT2D eigenvalue weighted by Gasteiger charge is 2.10.